The van der Waals surface area contributed by atoms with E-state index in [1.807, 2.05) is 0 Å². The van der Waals surface area contributed by atoms with Crippen molar-refractivity contribution in [3.8, 4) is 0 Å². The summed E-state index contributed by atoms with van der Waals surface area (Å²) >= 11 is 6.01. The summed E-state index contributed by atoms with van der Waals surface area (Å²) in [5.74, 6) is -2.81. The Labute approximate surface area is 125 Å². The maximum Gasteiger partial charge on any atom is 0.314 e. The van der Waals surface area contributed by atoms with Gasteiger partial charge in [0.2, 0.25) is 0 Å². The number of benzene rings is 1. The first kappa shape index (κ1) is 15.5. The van der Waals surface area contributed by atoms with Gasteiger partial charge in [-0.3, -0.25) is 9.59 Å². The van der Waals surface area contributed by atoms with Crippen LogP contribution in [0.4, 0.5) is 4.39 Å². The van der Waals surface area contributed by atoms with Crippen molar-refractivity contribution in [1.29, 1.82) is 0 Å². The molecule has 112 valence electrons. The van der Waals surface area contributed by atoms with Gasteiger partial charge in [-0.1, -0.05) is 29.8 Å². The molecule has 0 aliphatic heterocycles. The van der Waals surface area contributed by atoms with E-state index in [2.05, 4.69) is 0 Å². The third-order valence-electron chi connectivity index (χ3n) is 3.91. The number of carbonyl (C=O) groups is 2. The van der Waals surface area contributed by atoms with Gasteiger partial charge in [-0.25, -0.2) is 4.39 Å². The van der Waals surface area contributed by atoms with Crippen LogP contribution in [0.15, 0.2) is 35.4 Å². The molecular formula is C15H14ClFO4. The molecule has 0 radical (unpaired) electrons. The van der Waals surface area contributed by atoms with E-state index in [1.54, 1.807) is 0 Å². The lowest BCUT2D eigenvalue weighted by atomic mass is 9.63. The molecule has 1 aliphatic rings. The molecule has 2 rings (SSSR count). The predicted molar refractivity (Wildman–Crippen MR) is 74.6 cm³/mol. The fourth-order valence-electron chi connectivity index (χ4n) is 2.81. The molecule has 0 saturated carbocycles. The van der Waals surface area contributed by atoms with Gasteiger partial charge >= 0.3 is 11.9 Å². The predicted octanol–water partition coefficient (Wildman–Crippen LogP) is 3.16. The van der Waals surface area contributed by atoms with Gasteiger partial charge in [-0.2, -0.15) is 0 Å². The average molecular weight is 313 g/mol. The summed E-state index contributed by atoms with van der Waals surface area (Å²) in [6.45, 7) is 1.43. The smallest absolute Gasteiger partial charge is 0.314 e. The maximum absolute atomic E-state index is 13.1. The first-order valence-electron chi connectivity index (χ1n) is 6.30. The van der Waals surface area contributed by atoms with E-state index in [0.29, 0.717) is 5.56 Å². The Hall–Kier alpha value is -1.88. The van der Waals surface area contributed by atoms with E-state index in [4.69, 9.17) is 11.6 Å². The number of halogens is 2. The highest BCUT2D eigenvalue weighted by Crippen LogP contribution is 2.48. The van der Waals surface area contributed by atoms with E-state index >= 15 is 0 Å². The average Bonchev–Trinajstić information content (AvgIpc) is 2.37. The van der Waals surface area contributed by atoms with Crippen LogP contribution in [0.1, 0.15) is 25.3 Å². The van der Waals surface area contributed by atoms with Crippen LogP contribution < -0.4 is 0 Å². The molecule has 0 fully saturated rings. The molecule has 0 bridgehead atoms. The highest BCUT2D eigenvalue weighted by molar-refractivity contribution is 6.30. The summed E-state index contributed by atoms with van der Waals surface area (Å²) in [6, 6.07) is 5.04. The number of hydrogen-bond donors (Lipinski definition) is 2. The number of rotatable bonds is 3. The SMILES string of the molecule is CC1(C(=O)O)C=C(Cl)CC(C(=O)O)(c2ccc(F)cc2)C1. The van der Waals surface area contributed by atoms with Crippen molar-refractivity contribution in [2.75, 3.05) is 0 Å². The molecule has 2 atom stereocenters. The lowest BCUT2D eigenvalue weighted by molar-refractivity contribution is -0.151. The van der Waals surface area contributed by atoms with Crippen molar-refractivity contribution in [1.82, 2.24) is 0 Å². The zero-order chi connectivity index (χ0) is 15.8. The second-order valence-electron chi connectivity index (χ2n) is 5.56. The molecule has 0 spiro atoms. The highest BCUT2D eigenvalue weighted by atomic mass is 35.5. The highest BCUT2D eigenvalue weighted by Gasteiger charge is 2.51. The van der Waals surface area contributed by atoms with Crippen LogP contribution in [0.2, 0.25) is 0 Å². The van der Waals surface area contributed by atoms with E-state index < -0.39 is 28.6 Å². The number of carboxylic acids is 2. The van der Waals surface area contributed by atoms with Crippen LogP contribution in [-0.2, 0) is 15.0 Å². The fraction of sp³-hybridized carbons (Fsp3) is 0.333. The van der Waals surface area contributed by atoms with Crippen molar-refractivity contribution in [2.24, 2.45) is 5.41 Å². The zero-order valence-electron chi connectivity index (χ0n) is 11.3. The summed E-state index contributed by atoms with van der Waals surface area (Å²) in [7, 11) is 0. The van der Waals surface area contributed by atoms with Crippen LogP contribution >= 0.6 is 11.6 Å². The molecule has 0 heterocycles. The Morgan fingerprint density at radius 1 is 1.19 bits per heavy atom. The molecule has 1 aromatic rings. The van der Waals surface area contributed by atoms with E-state index in [-0.39, 0.29) is 17.9 Å². The summed E-state index contributed by atoms with van der Waals surface area (Å²) < 4.78 is 13.1. The second kappa shape index (κ2) is 5.15. The van der Waals surface area contributed by atoms with Gasteiger partial charge in [-0.15, -0.1) is 0 Å². The number of allylic oxidation sites excluding steroid dienone is 1. The zero-order valence-corrected chi connectivity index (χ0v) is 12.0. The van der Waals surface area contributed by atoms with Gasteiger partial charge in [0, 0.05) is 11.5 Å². The molecule has 0 aromatic heterocycles. The molecule has 2 N–H and O–H groups in total. The van der Waals surface area contributed by atoms with Gasteiger partial charge < -0.3 is 10.2 Å². The summed E-state index contributed by atoms with van der Waals surface area (Å²) in [5, 5.41) is 19.2. The Morgan fingerprint density at radius 3 is 2.24 bits per heavy atom. The van der Waals surface area contributed by atoms with Crippen LogP contribution in [-0.4, -0.2) is 22.2 Å². The normalized spacial score (nSPS) is 28.8. The molecular weight excluding hydrogens is 299 g/mol. The summed E-state index contributed by atoms with van der Waals surface area (Å²) in [4.78, 5) is 23.3. The topological polar surface area (TPSA) is 74.6 Å². The Bertz CT molecular complexity index is 625. The first-order chi connectivity index (χ1) is 9.69. The molecule has 4 nitrogen and oxygen atoms in total. The lowest BCUT2D eigenvalue weighted by Crippen LogP contribution is -2.45. The van der Waals surface area contributed by atoms with Crippen molar-refractivity contribution in [3.05, 3.63) is 46.8 Å². The third kappa shape index (κ3) is 2.65. The monoisotopic (exact) mass is 312 g/mol. The molecule has 6 heteroatoms. The maximum atomic E-state index is 13.1. The minimum atomic E-state index is -1.48. The largest absolute Gasteiger partial charge is 0.481 e. The van der Waals surface area contributed by atoms with Gasteiger partial charge in [0.1, 0.15) is 5.82 Å². The van der Waals surface area contributed by atoms with E-state index in [9.17, 15) is 24.2 Å². The number of hydrogen-bond acceptors (Lipinski definition) is 2. The molecule has 1 aromatic carbocycles. The molecule has 0 amide bonds. The Balaban J connectivity index is 2.59. The number of carboxylic acid groups (broad SMARTS) is 2. The van der Waals surface area contributed by atoms with Crippen molar-refractivity contribution >= 4 is 23.5 Å². The van der Waals surface area contributed by atoms with Crippen LogP contribution in [0.25, 0.3) is 0 Å². The van der Waals surface area contributed by atoms with Gasteiger partial charge in [-0.05, 0) is 31.0 Å². The van der Waals surface area contributed by atoms with E-state index in [0.717, 1.165) is 12.1 Å². The van der Waals surface area contributed by atoms with E-state index in [1.165, 1.54) is 25.1 Å². The molecule has 1 aliphatic carbocycles. The standard InChI is InChI=1S/C15H14ClFO4/c1-14(12(18)19)6-10(16)7-15(8-14,13(20)21)9-2-4-11(17)5-3-9/h2-6H,7-8H2,1H3,(H,18,19)(H,20,21). The van der Waals surface area contributed by atoms with Crippen LogP contribution in [0.5, 0.6) is 0 Å². The van der Waals surface area contributed by atoms with Crippen LogP contribution in [0.3, 0.4) is 0 Å². The van der Waals surface area contributed by atoms with Gasteiger partial charge in [0.25, 0.3) is 0 Å². The van der Waals surface area contributed by atoms with Crippen molar-refractivity contribution < 1.29 is 24.2 Å². The Kier molecular flexibility index (Phi) is 3.80. The lowest BCUT2D eigenvalue weighted by Gasteiger charge is -2.39. The minimum absolute atomic E-state index is 0.0155. The summed E-state index contributed by atoms with van der Waals surface area (Å²) in [5.41, 5.74) is -2.52. The van der Waals surface area contributed by atoms with Crippen molar-refractivity contribution in [3.63, 3.8) is 0 Å². The van der Waals surface area contributed by atoms with Crippen molar-refractivity contribution in [2.45, 2.75) is 25.2 Å². The summed E-state index contributed by atoms with van der Waals surface area (Å²) in [6.07, 6.45) is 1.21. The fourth-order valence-corrected chi connectivity index (χ4v) is 3.28. The van der Waals surface area contributed by atoms with Gasteiger partial charge in [0.15, 0.2) is 0 Å². The first-order valence-corrected chi connectivity index (χ1v) is 6.67. The molecule has 0 saturated heterocycles. The number of aliphatic carboxylic acids is 2. The Morgan fingerprint density at radius 2 is 1.76 bits per heavy atom. The van der Waals surface area contributed by atoms with Crippen LogP contribution in [0, 0.1) is 11.2 Å². The third-order valence-corrected chi connectivity index (χ3v) is 4.15. The molecule has 21 heavy (non-hydrogen) atoms. The molecule has 2 unspecified atom stereocenters. The second-order valence-corrected chi connectivity index (χ2v) is 6.05. The minimum Gasteiger partial charge on any atom is -0.481 e. The quantitative estimate of drug-likeness (QED) is 0.899. The van der Waals surface area contributed by atoms with Gasteiger partial charge in [0.05, 0.1) is 10.8 Å².